The molecular weight excluding hydrogens is 180 g/mol. The van der Waals surface area contributed by atoms with Crippen molar-refractivity contribution >= 4 is 5.95 Å². The number of halogens is 2. The zero-order valence-electron chi connectivity index (χ0n) is 7.71. The highest BCUT2D eigenvalue weighted by molar-refractivity contribution is 5.23. The molecule has 0 N–H and O–H groups in total. The molecule has 1 aromatic rings. The Morgan fingerprint density at radius 1 is 1.46 bits per heavy atom. The van der Waals surface area contributed by atoms with Crippen LogP contribution in [0.15, 0.2) is 4.52 Å². The molecule has 0 radical (unpaired) electrons. The number of aromatic nitrogens is 2. The fourth-order valence-electron chi connectivity index (χ4n) is 0.765. The summed E-state index contributed by atoms with van der Waals surface area (Å²) in [7, 11) is 3.41. The van der Waals surface area contributed by atoms with E-state index in [2.05, 4.69) is 14.7 Å². The number of hydrogen-bond donors (Lipinski definition) is 0. The molecule has 0 unspecified atom stereocenters. The first kappa shape index (κ1) is 9.88. The second kappa shape index (κ2) is 3.27. The van der Waals surface area contributed by atoms with E-state index in [9.17, 15) is 8.78 Å². The van der Waals surface area contributed by atoms with Crippen molar-refractivity contribution in [2.75, 3.05) is 19.0 Å². The van der Waals surface area contributed by atoms with Gasteiger partial charge in [0.15, 0.2) is 0 Å². The summed E-state index contributed by atoms with van der Waals surface area (Å²) >= 11 is 0. The smallest absolute Gasteiger partial charge is 0.265 e. The van der Waals surface area contributed by atoms with Crippen LogP contribution in [0.1, 0.15) is 12.8 Å². The topological polar surface area (TPSA) is 42.2 Å². The van der Waals surface area contributed by atoms with Gasteiger partial charge in [-0.25, -0.2) is 8.78 Å². The van der Waals surface area contributed by atoms with Gasteiger partial charge in [0, 0.05) is 14.1 Å². The largest absolute Gasteiger partial charge is 0.344 e. The molecule has 0 saturated carbocycles. The van der Waals surface area contributed by atoms with Crippen LogP contribution < -0.4 is 4.90 Å². The third-order valence-electron chi connectivity index (χ3n) is 1.32. The molecule has 0 aliphatic carbocycles. The third kappa shape index (κ3) is 2.96. The average molecular weight is 191 g/mol. The molecule has 0 aliphatic heterocycles. The normalized spacial score (nSPS) is 11.8. The zero-order chi connectivity index (χ0) is 10.1. The van der Waals surface area contributed by atoms with Crippen LogP contribution >= 0.6 is 0 Å². The van der Waals surface area contributed by atoms with Crippen LogP contribution in [0.25, 0.3) is 0 Å². The first-order valence-electron chi connectivity index (χ1n) is 3.76. The minimum atomic E-state index is -2.81. The standard InChI is InChI=1S/C7H11F2N3O/c1-7(8,9)4-5-10-6(11-13-5)12(2)3/h4H2,1-3H3. The van der Waals surface area contributed by atoms with Crippen molar-refractivity contribution in [3.8, 4) is 0 Å². The molecule has 6 heteroatoms. The molecule has 0 amide bonds. The van der Waals surface area contributed by atoms with Crippen LogP contribution in [0.3, 0.4) is 0 Å². The van der Waals surface area contributed by atoms with E-state index in [1.54, 1.807) is 19.0 Å². The van der Waals surface area contributed by atoms with E-state index < -0.39 is 12.3 Å². The maximum Gasteiger partial charge on any atom is 0.265 e. The molecule has 1 aromatic heterocycles. The van der Waals surface area contributed by atoms with E-state index in [1.807, 2.05) is 0 Å². The van der Waals surface area contributed by atoms with Crippen LogP contribution in [-0.4, -0.2) is 30.2 Å². The van der Waals surface area contributed by atoms with E-state index in [0.717, 1.165) is 6.92 Å². The lowest BCUT2D eigenvalue weighted by Crippen LogP contribution is -2.14. The molecule has 0 fully saturated rings. The van der Waals surface area contributed by atoms with E-state index in [1.165, 1.54) is 0 Å². The van der Waals surface area contributed by atoms with Crippen LogP contribution in [0.5, 0.6) is 0 Å². The van der Waals surface area contributed by atoms with Crippen molar-refractivity contribution in [2.24, 2.45) is 0 Å². The number of rotatable bonds is 3. The molecule has 1 heterocycles. The Labute approximate surface area is 74.5 Å². The lowest BCUT2D eigenvalue weighted by Gasteiger charge is -2.05. The maximum atomic E-state index is 12.5. The van der Waals surface area contributed by atoms with Gasteiger partial charge in [0.05, 0.1) is 6.42 Å². The quantitative estimate of drug-likeness (QED) is 0.722. The highest BCUT2D eigenvalue weighted by atomic mass is 19.3. The van der Waals surface area contributed by atoms with Gasteiger partial charge in [-0.15, -0.1) is 0 Å². The van der Waals surface area contributed by atoms with Crippen molar-refractivity contribution in [2.45, 2.75) is 19.3 Å². The summed E-state index contributed by atoms with van der Waals surface area (Å²) in [6.45, 7) is 0.812. The lowest BCUT2D eigenvalue weighted by atomic mass is 10.3. The summed E-state index contributed by atoms with van der Waals surface area (Å²) in [5.74, 6) is -2.55. The third-order valence-corrected chi connectivity index (χ3v) is 1.32. The van der Waals surface area contributed by atoms with Gasteiger partial charge in [-0.05, 0) is 12.1 Å². The Balaban J connectivity index is 2.70. The Bertz CT molecular complexity index is 280. The predicted molar refractivity (Wildman–Crippen MR) is 43.0 cm³/mol. The van der Waals surface area contributed by atoms with Gasteiger partial charge in [-0.3, -0.25) is 0 Å². The number of nitrogens with zero attached hydrogens (tertiary/aromatic N) is 3. The first-order valence-corrected chi connectivity index (χ1v) is 3.76. The molecule has 0 saturated heterocycles. The number of alkyl halides is 2. The minimum absolute atomic E-state index is 0.0452. The van der Waals surface area contributed by atoms with Gasteiger partial charge in [0.2, 0.25) is 5.89 Å². The second-order valence-electron chi connectivity index (χ2n) is 3.13. The van der Waals surface area contributed by atoms with E-state index in [0.29, 0.717) is 5.95 Å². The van der Waals surface area contributed by atoms with Gasteiger partial charge in [-0.1, -0.05) is 0 Å². The Hall–Kier alpha value is -1.20. The van der Waals surface area contributed by atoms with Crippen molar-refractivity contribution in [1.82, 2.24) is 10.1 Å². The highest BCUT2D eigenvalue weighted by Crippen LogP contribution is 2.18. The summed E-state index contributed by atoms with van der Waals surface area (Å²) in [6, 6.07) is 0. The fraction of sp³-hybridized carbons (Fsp3) is 0.714. The van der Waals surface area contributed by atoms with E-state index in [-0.39, 0.29) is 5.89 Å². The van der Waals surface area contributed by atoms with Gasteiger partial charge in [0.25, 0.3) is 11.9 Å². The van der Waals surface area contributed by atoms with Crippen LogP contribution in [-0.2, 0) is 6.42 Å². The summed E-state index contributed by atoms with van der Waals surface area (Å²) < 4.78 is 29.6. The molecule has 0 atom stereocenters. The summed E-state index contributed by atoms with van der Waals surface area (Å²) in [5.41, 5.74) is 0. The number of anilines is 1. The molecule has 13 heavy (non-hydrogen) atoms. The Kier molecular flexibility index (Phi) is 2.49. The summed E-state index contributed by atoms with van der Waals surface area (Å²) in [6.07, 6.45) is -0.520. The minimum Gasteiger partial charge on any atom is -0.344 e. The molecule has 0 aliphatic rings. The predicted octanol–water partition coefficient (Wildman–Crippen LogP) is 1.33. The van der Waals surface area contributed by atoms with Crippen molar-refractivity contribution in [1.29, 1.82) is 0 Å². The molecule has 4 nitrogen and oxygen atoms in total. The summed E-state index contributed by atoms with van der Waals surface area (Å²) in [4.78, 5) is 5.35. The Morgan fingerprint density at radius 3 is 2.46 bits per heavy atom. The van der Waals surface area contributed by atoms with Gasteiger partial charge >= 0.3 is 0 Å². The average Bonchev–Trinajstić information content (AvgIpc) is 2.31. The van der Waals surface area contributed by atoms with E-state index >= 15 is 0 Å². The van der Waals surface area contributed by atoms with Crippen molar-refractivity contribution < 1.29 is 13.3 Å². The van der Waals surface area contributed by atoms with E-state index in [4.69, 9.17) is 0 Å². The first-order chi connectivity index (χ1) is 5.88. The van der Waals surface area contributed by atoms with Crippen molar-refractivity contribution in [3.05, 3.63) is 5.89 Å². The van der Waals surface area contributed by atoms with Gasteiger partial charge < -0.3 is 9.42 Å². The van der Waals surface area contributed by atoms with Crippen LogP contribution in [0.2, 0.25) is 0 Å². The van der Waals surface area contributed by atoms with Gasteiger partial charge in [0.1, 0.15) is 0 Å². The lowest BCUT2D eigenvalue weighted by molar-refractivity contribution is 0.0149. The molecular formula is C7H11F2N3O. The molecule has 0 aromatic carbocycles. The molecule has 74 valence electrons. The molecule has 0 spiro atoms. The molecule has 1 rings (SSSR count). The monoisotopic (exact) mass is 191 g/mol. The zero-order valence-corrected chi connectivity index (χ0v) is 7.71. The molecule has 0 bridgehead atoms. The fourth-order valence-corrected chi connectivity index (χ4v) is 0.765. The summed E-state index contributed by atoms with van der Waals surface area (Å²) in [5, 5.41) is 3.51. The highest BCUT2D eigenvalue weighted by Gasteiger charge is 2.25. The SMILES string of the molecule is CN(C)c1noc(CC(C)(F)F)n1. The Morgan fingerprint density at radius 2 is 2.08 bits per heavy atom. The maximum absolute atomic E-state index is 12.5. The second-order valence-corrected chi connectivity index (χ2v) is 3.13. The van der Waals surface area contributed by atoms with Crippen LogP contribution in [0.4, 0.5) is 14.7 Å². The van der Waals surface area contributed by atoms with Crippen LogP contribution in [0, 0.1) is 0 Å². The number of hydrogen-bond acceptors (Lipinski definition) is 4. The van der Waals surface area contributed by atoms with Crippen molar-refractivity contribution in [3.63, 3.8) is 0 Å². The van der Waals surface area contributed by atoms with Gasteiger partial charge in [-0.2, -0.15) is 4.98 Å².